The molecule has 13 heteroatoms. The van der Waals surface area contributed by atoms with Crippen molar-refractivity contribution < 1.29 is 52.2 Å². The van der Waals surface area contributed by atoms with Gasteiger partial charge in [-0.2, -0.15) is 13.2 Å². The minimum absolute atomic E-state index is 0.0827. The maximum Gasteiger partial charge on any atom is 0.484 e. The minimum Gasteiger partial charge on any atom is -0.507 e. The molecule has 2 saturated carbocycles. The van der Waals surface area contributed by atoms with Gasteiger partial charge < -0.3 is 15.9 Å². The molecule has 2 unspecified atom stereocenters. The van der Waals surface area contributed by atoms with Crippen LogP contribution in [0.5, 0.6) is 5.75 Å². The van der Waals surface area contributed by atoms with Crippen LogP contribution in [0.1, 0.15) is 34.3 Å². The Labute approximate surface area is 200 Å². The number of benzene rings is 1. The molecule has 0 aliphatic heterocycles. The second-order valence-corrected chi connectivity index (χ2v) is 9.09. The Balaban J connectivity index is 1.73. The van der Waals surface area contributed by atoms with Crippen molar-refractivity contribution in [1.29, 1.82) is 0 Å². The van der Waals surface area contributed by atoms with Crippen molar-refractivity contribution >= 4 is 41.0 Å². The predicted octanol–water partition coefficient (Wildman–Crippen LogP) is -0.0239. The molecule has 2 fully saturated rings. The van der Waals surface area contributed by atoms with Gasteiger partial charge in [-0.1, -0.05) is 6.07 Å². The van der Waals surface area contributed by atoms with Crippen molar-refractivity contribution in [3.8, 4) is 5.75 Å². The first-order valence-electron chi connectivity index (χ1n) is 10.8. The number of rotatable bonds is 3. The van der Waals surface area contributed by atoms with Crippen molar-refractivity contribution in [2.45, 2.75) is 31.2 Å². The Hall–Kier alpha value is -3.87. The quantitative estimate of drug-likeness (QED) is 0.250. The number of carbonyl (C=O) groups excluding carboxylic acids is 6. The Morgan fingerprint density at radius 3 is 2.39 bits per heavy atom. The van der Waals surface area contributed by atoms with Gasteiger partial charge in [0.2, 0.25) is 5.91 Å². The number of hydrogen-bond donors (Lipinski definition) is 4. The smallest absolute Gasteiger partial charge is 0.484 e. The van der Waals surface area contributed by atoms with Gasteiger partial charge >= 0.3 is 6.30 Å². The van der Waals surface area contributed by atoms with Gasteiger partial charge in [0.15, 0.2) is 34.7 Å². The summed E-state index contributed by atoms with van der Waals surface area (Å²) in [5.74, 6) is -13.4. The molecule has 3 aliphatic carbocycles. The molecule has 5 atom stereocenters. The molecule has 36 heavy (non-hydrogen) atoms. The number of phenolic OH excluding ortho intramolecular Hbond substituents is 1. The Kier molecular flexibility index (Phi) is 5.86. The third kappa shape index (κ3) is 3.88. The number of alkyl halides is 3. The zero-order chi connectivity index (χ0) is 26.7. The minimum atomic E-state index is -4.96. The third-order valence-electron chi connectivity index (χ3n) is 7.00. The van der Waals surface area contributed by atoms with Gasteiger partial charge in [-0.25, -0.2) is 0 Å². The lowest BCUT2D eigenvalue weighted by molar-refractivity contribution is -0.175. The number of ketones is 4. The number of halogens is 3. The molecule has 0 bridgehead atoms. The van der Waals surface area contributed by atoms with Gasteiger partial charge in [-0.05, 0) is 42.0 Å². The van der Waals surface area contributed by atoms with Crippen LogP contribution in [-0.2, 0) is 30.4 Å². The summed E-state index contributed by atoms with van der Waals surface area (Å²) < 4.78 is 37.1. The van der Waals surface area contributed by atoms with Crippen molar-refractivity contribution in [2.75, 3.05) is 0 Å². The molecule has 10 nitrogen and oxygen atoms in total. The zero-order valence-electron chi connectivity index (χ0n) is 18.3. The van der Waals surface area contributed by atoms with Crippen LogP contribution in [0.3, 0.4) is 0 Å². The van der Waals surface area contributed by atoms with E-state index in [2.05, 4.69) is 0 Å². The van der Waals surface area contributed by atoms with Crippen molar-refractivity contribution in [1.82, 2.24) is 5.32 Å². The molecule has 5 N–H and O–H groups in total. The maximum atomic E-state index is 13.4. The molecule has 0 radical (unpaired) electrons. The Bertz CT molecular complexity index is 1270. The normalized spacial score (nSPS) is 30.0. The highest BCUT2D eigenvalue weighted by Crippen LogP contribution is 2.50. The van der Waals surface area contributed by atoms with E-state index in [4.69, 9.17) is 5.73 Å². The number of hydrogen-bond acceptors (Lipinski definition) is 8. The molecular formula is C23H19F3N2O8. The highest BCUT2D eigenvalue weighted by atomic mass is 19.4. The molecule has 0 aromatic heterocycles. The fourth-order valence-electron chi connectivity index (χ4n) is 5.49. The lowest BCUT2D eigenvalue weighted by Gasteiger charge is -2.48. The van der Waals surface area contributed by atoms with Crippen LogP contribution in [0.15, 0.2) is 18.2 Å². The number of aromatic hydroxyl groups is 1. The number of nitrogens with one attached hydrogen (secondary N) is 1. The summed E-state index contributed by atoms with van der Waals surface area (Å²) in [6, 6.07) is 2.32. The number of nitrogens with two attached hydrogens (primary N) is 1. The van der Waals surface area contributed by atoms with Crippen LogP contribution in [-0.4, -0.2) is 57.1 Å². The summed E-state index contributed by atoms with van der Waals surface area (Å²) in [7, 11) is 0. The Morgan fingerprint density at radius 2 is 1.78 bits per heavy atom. The van der Waals surface area contributed by atoms with E-state index in [1.807, 2.05) is 0 Å². The topological polar surface area (TPSA) is 181 Å². The van der Waals surface area contributed by atoms with E-state index in [9.17, 15) is 52.2 Å². The first-order valence-corrected chi connectivity index (χ1v) is 10.8. The number of aliphatic hydroxyl groups is 1. The van der Waals surface area contributed by atoms with Gasteiger partial charge in [0.05, 0.1) is 11.5 Å². The molecule has 0 spiro atoms. The number of phenols is 1. The molecule has 3 aliphatic rings. The van der Waals surface area contributed by atoms with E-state index >= 15 is 0 Å². The molecule has 4 rings (SSSR count). The SMILES string of the molecule is NC(=O)C1C(=O)C[C@@H]2C[C@@H]3Cc4c(C=CC(=O)NC(F)(F)F)ccc(O)c4C(=O)C3C(=O)[C@]2(O)C1=O. The second kappa shape index (κ2) is 8.36. The lowest BCUT2D eigenvalue weighted by Crippen LogP contribution is -2.68. The van der Waals surface area contributed by atoms with Crippen molar-refractivity contribution in [3.63, 3.8) is 0 Å². The van der Waals surface area contributed by atoms with E-state index in [0.29, 0.717) is 6.08 Å². The molecule has 2 amide bonds. The third-order valence-corrected chi connectivity index (χ3v) is 7.00. The van der Waals surface area contributed by atoms with Gasteiger partial charge in [0.1, 0.15) is 5.75 Å². The van der Waals surface area contributed by atoms with Crippen LogP contribution >= 0.6 is 0 Å². The van der Waals surface area contributed by atoms with Crippen LogP contribution in [0.2, 0.25) is 0 Å². The number of primary amides is 1. The molecular weight excluding hydrogens is 489 g/mol. The van der Waals surface area contributed by atoms with E-state index in [1.165, 1.54) is 6.07 Å². The second-order valence-electron chi connectivity index (χ2n) is 9.09. The van der Waals surface area contributed by atoms with Crippen LogP contribution in [0, 0.1) is 23.7 Å². The maximum absolute atomic E-state index is 13.4. The van der Waals surface area contributed by atoms with Crippen LogP contribution in [0.25, 0.3) is 6.08 Å². The molecule has 190 valence electrons. The van der Waals surface area contributed by atoms with E-state index in [-0.39, 0.29) is 29.5 Å². The fourth-order valence-corrected chi connectivity index (χ4v) is 5.49. The molecule has 1 aromatic carbocycles. The first kappa shape index (κ1) is 25.2. The summed E-state index contributed by atoms with van der Waals surface area (Å²) in [6.45, 7) is 0. The summed E-state index contributed by atoms with van der Waals surface area (Å²) >= 11 is 0. The van der Waals surface area contributed by atoms with Gasteiger partial charge in [0.25, 0.3) is 5.91 Å². The molecule has 0 saturated heterocycles. The van der Waals surface area contributed by atoms with Gasteiger partial charge in [-0.15, -0.1) is 0 Å². The monoisotopic (exact) mass is 508 g/mol. The summed E-state index contributed by atoms with van der Waals surface area (Å²) in [5, 5.41) is 22.2. The lowest BCUT2D eigenvalue weighted by atomic mass is 9.53. The number of Topliss-reactive ketones (excluding diaryl/α,β-unsaturated/α-hetero) is 4. The number of fused-ring (bicyclic) bond motifs is 3. The Morgan fingerprint density at radius 1 is 1.11 bits per heavy atom. The summed E-state index contributed by atoms with van der Waals surface area (Å²) in [6.07, 6.45) is -4.09. The number of carbonyl (C=O) groups is 6. The first-order chi connectivity index (χ1) is 16.7. The van der Waals surface area contributed by atoms with E-state index < -0.39 is 82.7 Å². The standard InChI is InChI=1S/C23H19F3N2O8/c24-23(25,26)28-14(31)4-2-8-1-3-12(29)16-11(8)6-9-5-10-7-13(30)17(21(27)35)20(34)22(10,36)19(33)15(9)18(16)32/h1-4,9-10,15,17,29,36H,5-7H2,(H2,27,35)(H,28,31)/t9-,10+,15?,17?,22+/m1/s1. The highest BCUT2D eigenvalue weighted by Gasteiger charge is 2.66. The molecule has 0 heterocycles. The van der Waals surface area contributed by atoms with Crippen molar-refractivity contribution in [2.24, 2.45) is 29.4 Å². The number of amides is 2. The molecule has 1 aromatic rings. The average molecular weight is 508 g/mol. The summed E-state index contributed by atoms with van der Waals surface area (Å²) in [4.78, 5) is 75.1. The summed E-state index contributed by atoms with van der Waals surface area (Å²) in [5.41, 5.74) is 2.27. The highest BCUT2D eigenvalue weighted by molar-refractivity contribution is 6.31. The predicted molar refractivity (Wildman–Crippen MR) is 112 cm³/mol. The van der Waals surface area contributed by atoms with E-state index in [1.54, 1.807) is 0 Å². The van der Waals surface area contributed by atoms with E-state index in [0.717, 1.165) is 17.5 Å². The largest absolute Gasteiger partial charge is 0.507 e. The van der Waals surface area contributed by atoms with Crippen LogP contribution < -0.4 is 11.1 Å². The average Bonchev–Trinajstić information content (AvgIpc) is 2.74. The zero-order valence-corrected chi connectivity index (χ0v) is 18.3. The van der Waals surface area contributed by atoms with Crippen molar-refractivity contribution in [3.05, 3.63) is 34.9 Å². The van der Waals surface area contributed by atoms with Gasteiger partial charge in [-0.3, -0.25) is 34.1 Å². The fraction of sp³-hybridized carbons (Fsp3) is 0.391. The van der Waals surface area contributed by atoms with Gasteiger partial charge in [0, 0.05) is 18.4 Å². The van der Waals surface area contributed by atoms with Crippen LogP contribution in [0.4, 0.5) is 13.2 Å².